The Morgan fingerprint density at radius 1 is 1.30 bits per heavy atom. The third kappa shape index (κ3) is 2.03. The van der Waals surface area contributed by atoms with Crippen LogP contribution in [0.25, 0.3) is 11.2 Å². The molecular weight excluding hydrogens is 263 g/mol. The lowest BCUT2D eigenvalue weighted by Gasteiger charge is -2.08. The molecule has 2 heterocycles. The van der Waals surface area contributed by atoms with E-state index >= 15 is 0 Å². The largest absolute Gasteiger partial charge is 0.366 e. The van der Waals surface area contributed by atoms with Crippen LogP contribution in [-0.2, 0) is 0 Å². The lowest BCUT2D eigenvalue weighted by Crippen LogP contribution is -2.11. The molecule has 0 aliphatic heterocycles. The van der Waals surface area contributed by atoms with Gasteiger partial charge in [0.1, 0.15) is 17.7 Å². The van der Waals surface area contributed by atoms with E-state index in [4.69, 9.17) is 5.73 Å². The van der Waals surface area contributed by atoms with Crippen molar-refractivity contribution >= 4 is 28.6 Å². The third-order valence-corrected chi connectivity index (χ3v) is 2.73. The Morgan fingerprint density at radius 3 is 2.95 bits per heavy atom. The number of aromatic nitrogens is 4. The minimum Gasteiger partial charge on any atom is -0.366 e. The molecule has 2 aromatic heterocycles. The quantitative estimate of drug-likeness (QED) is 0.666. The molecule has 20 heavy (non-hydrogen) atoms. The highest BCUT2D eigenvalue weighted by atomic mass is 19.1. The summed E-state index contributed by atoms with van der Waals surface area (Å²) in [7, 11) is 0. The molecule has 0 unspecified atom stereocenters. The van der Waals surface area contributed by atoms with Gasteiger partial charge in [-0.05, 0) is 18.2 Å². The molecule has 0 aliphatic rings. The van der Waals surface area contributed by atoms with Gasteiger partial charge in [0.15, 0.2) is 11.5 Å². The van der Waals surface area contributed by atoms with Gasteiger partial charge < -0.3 is 16.0 Å². The molecule has 1 amide bonds. The second-order valence-corrected chi connectivity index (χ2v) is 4.01. The summed E-state index contributed by atoms with van der Waals surface area (Å²) < 4.78 is 13.8. The standard InChI is InChI=1S/C12H9FN6O/c13-7-2-1-6(10(14)20)3-8(7)19-12-9-11(16-4-15-9)17-5-18-12/h1-5H,(H2,14,20)(H2,15,16,17,18,19). The number of benzene rings is 1. The average Bonchev–Trinajstić information content (AvgIpc) is 2.90. The number of nitrogens with one attached hydrogen (secondary N) is 2. The van der Waals surface area contributed by atoms with E-state index in [-0.39, 0.29) is 11.3 Å². The number of H-pyrrole nitrogens is 1. The number of nitrogens with zero attached hydrogens (tertiary/aromatic N) is 3. The fourth-order valence-electron chi connectivity index (χ4n) is 1.76. The number of carbonyl (C=O) groups is 1. The lowest BCUT2D eigenvalue weighted by molar-refractivity contribution is 0.100. The lowest BCUT2D eigenvalue weighted by atomic mass is 10.2. The van der Waals surface area contributed by atoms with Gasteiger partial charge in [-0.15, -0.1) is 0 Å². The monoisotopic (exact) mass is 272 g/mol. The number of carbonyl (C=O) groups excluding carboxylic acids is 1. The first-order chi connectivity index (χ1) is 9.65. The van der Waals surface area contributed by atoms with Crippen molar-refractivity contribution in [3.63, 3.8) is 0 Å². The van der Waals surface area contributed by atoms with E-state index < -0.39 is 11.7 Å². The van der Waals surface area contributed by atoms with E-state index in [2.05, 4.69) is 25.3 Å². The van der Waals surface area contributed by atoms with Crippen LogP contribution in [0.3, 0.4) is 0 Å². The highest BCUT2D eigenvalue weighted by Crippen LogP contribution is 2.23. The van der Waals surface area contributed by atoms with Gasteiger partial charge in [-0.25, -0.2) is 19.3 Å². The van der Waals surface area contributed by atoms with Gasteiger partial charge in [0.05, 0.1) is 12.0 Å². The van der Waals surface area contributed by atoms with Gasteiger partial charge in [-0.1, -0.05) is 0 Å². The minimum atomic E-state index is -0.637. The number of rotatable bonds is 3. The van der Waals surface area contributed by atoms with Crippen LogP contribution in [-0.4, -0.2) is 25.8 Å². The Bertz CT molecular complexity index is 799. The second kappa shape index (κ2) is 4.57. The number of anilines is 2. The third-order valence-electron chi connectivity index (χ3n) is 2.73. The van der Waals surface area contributed by atoms with Crippen molar-refractivity contribution in [2.24, 2.45) is 5.73 Å². The summed E-state index contributed by atoms with van der Waals surface area (Å²) in [6, 6.07) is 3.80. The fraction of sp³-hybridized carbons (Fsp3) is 0. The molecule has 0 spiro atoms. The van der Waals surface area contributed by atoms with E-state index in [1.54, 1.807) is 0 Å². The van der Waals surface area contributed by atoms with Crippen LogP contribution in [0.15, 0.2) is 30.9 Å². The highest BCUT2D eigenvalue weighted by Gasteiger charge is 2.11. The van der Waals surface area contributed by atoms with Gasteiger partial charge in [-0.2, -0.15) is 0 Å². The Hall–Kier alpha value is -3.03. The molecule has 0 radical (unpaired) electrons. The molecule has 7 nitrogen and oxygen atoms in total. The summed E-state index contributed by atoms with van der Waals surface area (Å²) in [5.41, 5.74) is 6.45. The van der Waals surface area contributed by atoms with Crippen molar-refractivity contribution in [2.75, 3.05) is 5.32 Å². The Morgan fingerprint density at radius 2 is 2.15 bits per heavy atom. The number of nitrogens with two attached hydrogens (primary N) is 1. The molecule has 3 rings (SSSR count). The number of primary amides is 1. The SMILES string of the molecule is NC(=O)c1ccc(F)c(Nc2ncnc3nc[nH]c23)c1. The van der Waals surface area contributed by atoms with Crippen LogP contribution in [0.4, 0.5) is 15.9 Å². The molecule has 3 aromatic rings. The van der Waals surface area contributed by atoms with E-state index in [0.29, 0.717) is 17.0 Å². The van der Waals surface area contributed by atoms with Crippen molar-refractivity contribution in [1.82, 2.24) is 19.9 Å². The normalized spacial score (nSPS) is 10.7. The van der Waals surface area contributed by atoms with Gasteiger partial charge in [-0.3, -0.25) is 4.79 Å². The van der Waals surface area contributed by atoms with E-state index in [1.165, 1.54) is 24.8 Å². The number of aromatic amines is 1. The minimum absolute atomic E-state index is 0.0934. The summed E-state index contributed by atoms with van der Waals surface area (Å²) in [4.78, 5) is 25.9. The van der Waals surface area contributed by atoms with Crippen molar-refractivity contribution in [3.8, 4) is 0 Å². The van der Waals surface area contributed by atoms with Gasteiger partial charge in [0.25, 0.3) is 0 Å². The predicted octanol–water partition coefficient (Wildman–Crippen LogP) is 1.33. The molecule has 8 heteroatoms. The zero-order valence-electron chi connectivity index (χ0n) is 10.1. The Kier molecular flexibility index (Phi) is 2.75. The fourth-order valence-corrected chi connectivity index (χ4v) is 1.76. The maximum Gasteiger partial charge on any atom is 0.248 e. The zero-order valence-corrected chi connectivity index (χ0v) is 10.1. The van der Waals surface area contributed by atoms with Crippen molar-refractivity contribution in [3.05, 3.63) is 42.2 Å². The van der Waals surface area contributed by atoms with E-state index in [9.17, 15) is 9.18 Å². The first-order valence-electron chi connectivity index (χ1n) is 5.65. The van der Waals surface area contributed by atoms with E-state index in [1.807, 2.05) is 0 Å². The Balaban J connectivity index is 2.04. The zero-order chi connectivity index (χ0) is 14.1. The van der Waals surface area contributed by atoms with E-state index in [0.717, 1.165) is 6.07 Å². The number of imidazole rings is 1. The molecule has 100 valence electrons. The molecule has 0 fully saturated rings. The van der Waals surface area contributed by atoms with Crippen molar-refractivity contribution in [2.45, 2.75) is 0 Å². The maximum absolute atomic E-state index is 13.8. The molecule has 0 aliphatic carbocycles. The van der Waals surface area contributed by atoms with Crippen molar-refractivity contribution in [1.29, 1.82) is 0 Å². The van der Waals surface area contributed by atoms with Crippen LogP contribution in [0, 0.1) is 5.82 Å². The van der Waals surface area contributed by atoms with Crippen molar-refractivity contribution < 1.29 is 9.18 Å². The molecule has 0 atom stereocenters. The number of amides is 1. The molecule has 0 saturated carbocycles. The summed E-state index contributed by atoms with van der Waals surface area (Å²) >= 11 is 0. The molecule has 4 N–H and O–H groups in total. The summed E-state index contributed by atoms with van der Waals surface area (Å²) in [6.45, 7) is 0. The van der Waals surface area contributed by atoms with Crippen LogP contribution in [0.5, 0.6) is 0 Å². The van der Waals surface area contributed by atoms with Crippen LogP contribution in [0.1, 0.15) is 10.4 Å². The summed E-state index contributed by atoms with van der Waals surface area (Å²) in [6.07, 6.45) is 2.77. The first kappa shape index (κ1) is 12.0. The predicted molar refractivity (Wildman–Crippen MR) is 69.9 cm³/mol. The smallest absolute Gasteiger partial charge is 0.248 e. The molecule has 0 bridgehead atoms. The second-order valence-electron chi connectivity index (χ2n) is 4.01. The van der Waals surface area contributed by atoms with Crippen LogP contribution >= 0.6 is 0 Å². The topological polar surface area (TPSA) is 110 Å². The Labute approximate surface area is 112 Å². The average molecular weight is 272 g/mol. The number of halogens is 1. The molecule has 1 aromatic carbocycles. The van der Waals surface area contributed by atoms with Crippen LogP contribution in [0.2, 0.25) is 0 Å². The summed E-state index contributed by atoms with van der Waals surface area (Å²) in [5, 5.41) is 2.79. The molecular formula is C12H9FN6O. The number of hydrogen-bond donors (Lipinski definition) is 3. The number of hydrogen-bond acceptors (Lipinski definition) is 5. The molecule has 0 saturated heterocycles. The summed E-state index contributed by atoms with van der Waals surface area (Å²) in [5.74, 6) is -0.809. The highest BCUT2D eigenvalue weighted by molar-refractivity contribution is 5.94. The first-order valence-corrected chi connectivity index (χ1v) is 5.65. The van der Waals surface area contributed by atoms with Gasteiger partial charge >= 0.3 is 0 Å². The number of fused-ring (bicyclic) bond motifs is 1. The maximum atomic E-state index is 13.8. The van der Waals surface area contributed by atoms with Crippen LogP contribution < -0.4 is 11.1 Å². The van der Waals surface area contributed by atoms with Gasteiger partial charge in [0, 0.05) is 5.56 Å². The van der Waals surface area contributed by atoms with Gasteiger partial charge in [0.2, 0.25) is 5.91 Å².